The number of rotatable bonds is 3. The van der Waals surface area contributed by atoms with Crippen LogP contribution in [0.4, 0.5) is 0 Å². The van der Waals surface area contributed by atoms with E-state index < -0.39 is 5.91 Å². The lowest BCUT2D eigenvalue weighted by Crippen LogP contribution is -2.37. The van der Waals surface area contributed by atoms with Gasteiger partial charge in [0.05, 0.1) is 13.2 Å². The van der Waals surface area contributed by atoms with E-state index in [0.717, 1.165) is 26.3 Å². The van der Waals surface area contributed by atoms with Gasteiger partial charge < -0.3 is 4.74 Å². The van der Waals surface area contributed by atoms with Gasteiger partial charge in [-0.25, -0.2) is 0 Å². The first-order chi connectivity index (χ1) is 5.29. The van der Waals surface area contributed by atoms with E-state index in [9.17, 15) is 4.79 Å². The molecule has 0 aromatic heterocycles. The Morgan fingerprint density at radius 1 is 1.45 bits per heavy atom. The molecule has 1 rings (SSSR count). The number of nitrogens with zero attached hydrogens (tertiary/aromatic N) is 1. The third-order valence-electron chi connectivity index (χ3n) is 1.76. The Hall–Kier alpha value is -0.610. The molecule has 1 N–H and O–H groups in total. The van der Waals surface area contributed by atoms with Crippen molar-refractivity contribution in [2.75, 3.05) is 32.8 Å². The Morgan fingerprint density at radius 3 is 2.64 bits per heavy atom. The van der Waals surface area contributed by atoms with E-state index in [1.165, 1.54) is 0 Å². The monoisotopic (exact) mass is 157 g/mol. The van der Waals surface area contributed by atoms with E-state index in [1.807, 2.05) is 0 Å². The molecule has 1 fully saturated rings. The van der Waals surface area contributed by atoms with Gasteiger partial charge in [-0.15, -0.1) is 0 Å². The molecule has 1 aliphatic heterocycles. The van der Waals surface area contributed by atoms with Crippen molar-refractivity contribution in [2.45, 2.75) is 6.42 Å². The van der Waals surface area contributed by atoms with Gasteiger partial charge in [-0.05, 0) is 0 Å². The molecule has 63 valence electrons. The largest absolute Gasteiger partial charge is 0.379 e. The average molecular weight is 157 g/mol. The average Bonchev–Trinajstić information content (AvgIpc) is 2.03. The van der Waals surface area contributed by atoms with Crippen molar-refractivity contribution >= 4 is 5.91 Å². The number of ether oxygens (including phenoxy) is 1. The Balaban J connectivity index is 2.09. The molecule has 0 aliphatic carbocycles. The summed E-state index contributed by atoms with van der Waals surface area (Å²) in [6, 6.07) is 0. The summed E-state index contributed by atoms with van der Waals surface area (Å²) < 4.78 is 5.13. The molecule has 0 atom stereocenters. The number of amides is 1. The number of hydrogen-bond acceptors (Lipinski definition) is 3. The maximum absolute atomic E-state index is 10.3. The zero-order valence-electron chi connectivity index (χ0n) is 6.51. The van der Waals surface area contributed by atoms with Crippen LogP contribution < -0.4 is 5.73 Å². The first kappa shape index (κ1) is 8.49. The summed E-state index contributed by atoms with van der Waals surface area (Å²) in [6.07, 6.45) is 0.347. The van der Waals surface area contributed by atoms with Crippen molar-refractivity contribution in [3.63, 3.8) is 0 Å². The fraction of sp³-hybridized carbons (Fsp3) is 0.857. The van der Waals surface area contributed by atoms with Gasteiger partial charge in [0, 0.05) is 26.1 Å². The van der Waals surface area contributed by atoms with Crippen molar-refractivity contribution in [1.29, 1.82) is 0 Å². The molecule has 1 aliphatic rings. The zero-order chi connectivity index (χ0) is 8.10. The van der Waals surface area contributed by atoms with Crippen LogP contribution in [-0.2, 0) is 9.53 Å². The minimum atomic E-state index is -0.475. The van der Waals surface area contributed by atoms with Gasteiger partial charge in [0.2, 0.25) is 5.91 Å². The summed E-state index contributed by atoms with van der Waals surface area (Å²) in [5, 5.41) is 0. The minimum absolute atomic E-state index is 0.347. The number of carbonyl (C=O) groups is 1. The van der Waals surface area contributed by atoms with Crippen LogP contribution in [0.3, 0.4) is 0 Å². The second-order valence-corrected chi connectivity index (χ2v) is 2.63. The molecule has 0 unspecified atom stereocenters. The first-order valence-corrected chi connectivity index (χ1v) is 3.83. The van der Waals surface area contributed by atoms with E-state index in [0.29, 0.717) is 13.0 Å². The van der Waals surface area contributed by atoms with Gasteiger partial charge in [0.1, 0.15) is 0 Å². The number of hydrogen-bond donors (Lipinski definition) is 0. The Morgan fingerprint density at radius 2 is 2.09 bits per heavy atom. The molecule has 4 nitrogen and oxygen atoms in total. The van der Waals surface area contributed by atoms with Crippen molar-refractivity contribution < 1.29 is 9.53 Å². The molecule has 1 amide bonds. The summed E-state index contributed by atoms with van der Waals surface area (Å²) in [4.78, 5) is 12.4. The Kier molecular flexibility index (Phi) is 3.32. The second-order valence-electron chi connectivity index (χ2n) is 2.63. The predicted molar refractivity (Wildman–Crippen MR) is 40.0 cm³/mol. The molecule has 1 saturated heterocycles. The van der Waals surface area contributed by atoms with E-state index in [-0.39, 0.29) is 0 Å². The standard InChI is InChI=1S/C7H13N2O2/c8-7(10)1-2-9-3-5-11-6-4-9/h8H,1-6H2. The molecule has 4 heteroatoms. The molecule has 0 spiro atoms. The quantitative estimate of drug-likeness (QED) is 0.556. The molecule has 11 heavy (non-hydrogen) atoms. The number of morpholine rings is 1. The van der Waals surface area contributed by atoms with Gasteiger partial charge >= 0.3 is 0 Å². The van der Waals surface area contributed by atoms with Crippen LogP contribution in [0.15, 0.2) is 0 Å². The minimum Gasteiger partial charge on any atom is -0.379 e. The van der Waals surface area contributed by atoms with Crippen molar-refractivity contribution in [3.05, 3.63) is 0 Å². The van der Waals surface area contributed by atoms with Gasteiger partial charge in [-0.1, -0.05) is 0 Å². The van der Waals surface area contributed by atoms with Crippen molar-refractivity contribution in [2.24, 2.45) is 0 Å². The van der Waals surface area contributed by atoms with Crippen LogP contribution in [-0.4, -0.2) is 43.7 Å². The fourth-order valence-electron chi connectivity index (χ4n) is 1.08. The maximum Gasteiger partial charge on any atom is 0.239 e. The van der Waals surface area contributed by atoms with Crippen LogP contribution in [0.5, 0.6) is 0 Å². The topological polar surface area (TPSA) is 53.3 Å². The highest BCUT2D eigenvalue weighted by atomic mass is 16.5. The summed E-state index contributed by atoms with van der Waals surface area (Å²) in [5.41, 5.74) is 6.70. The van der Waals surface area contributed by atoms with Crippen molar-refractivity contribution in [3.8, 4) is 0 Å². The lowest BCUT2D eigenvalue weighted by molar-refractivity contribution is -0.119. The molecular weight excluding hydrogens is 144 g/mol. The smallest absolute Gasteiger partial charge is 0.239 e. The Labute approximate surface area is 66.3 Å². The van der Waals surface area contributed by atoms with Gasteiger partial charge in [0.25, 0.3) is 0 Å². The highest BCUT2D eigenvalue weighted by Crippen LogP contribution is 1.97. The molecule has 0 bridgehead atoms. The number of carbonyl (C=O) groups excluding carboxylic acids is 1. The fourth-order valence-corrected chi connectivity index (χ4v) is 1.08. The summed E-state index contributed by atoms with van der Waals surface area (Å²) in [5.74, 6) is -0.475. The van der Waals surface area contributed by atoms with E-state index in [2.05, 4.69) is 4.90 Å². The number of nitrogens with one attached hydrogen (secondary N) is 1. The normalized spacial score (nSPS) is 20.0. The summed E-state index contributed by atoms with van der Waals surface area (Å²) in [7, 11) is 0. The SMILES string of the molecule is [NH]C(=O)CCN1CCOCC1. The molecule has 1 radical (unpaired) electrons. The van der Waals surface area contributed by atoms with Crippen molar-refractivity contribution in [1.82, 2.24) is 10.6 Å². The highest BCUT2D eigenvalue weighted by molar-refractivity contribution is 5.73. The molecule has 1 heterocycles. The molecule has 0 aromatic carbocycles. The first-order valence-electron chi connectivity index (χ1n) is 3.83. The zero-order valence-corrected chi connectivity index (χ0v) is 6.51. The third kappa shape index (κ3) is 3.34. The third-order valence-corrected chi connectivity index (χ3v) is 1.76. The van der Waals surface area contributed by atoms with E-state index in [1.54, 1.807) is 0 Å². The molecule has 0 aromatic rings. The second kappa shape index (κ2) is 4.31. The van der Waals surface area contributed by atoms with E-state index in [4.69, 9.17) is 10.5 Å². The van der Waals surface area contributed by atoms with Crippen LogP contribution in [0.2, 0.25) is 0 Å². The van der Waals surface area contributed by atoms with Crippen LogP contribution in [0.1, 0.15) is 6.42 Å². The van der Waals surface area contributed by atoms with Crippen LogP contribution >= 0.6 is 0 Å². The molecule has 0 saturated carbocycles. The van der Waals surface area contributed by atoms with Crippen LogP contribution in [0, 0.1) is 0 Å². The van der Waals surface area contributed by atoms with Gasteiger partial charge in [-0.2, -0.15) is 0 Å². The lowest BCUT2D eigenvalue weighted by Gasteiger charge is -2.25. The van der Waals surface area contributed by atoms with Crippen LogP contribution in [0.25, 0.3) is 0 Å². The summed E-state index contributed by atoms with van der Waals surface area (Å²) in [6.45, 7) is 4.02. The molecular formula is C7H13N2O2. The van der Waals surface area contributed by atoms with Gasteiger partial charge in [0.15, 0.2) is 0 Å². The lowest BCUT2D eigenvalue weighted by atomic mass is 10.3. The highest BCUT2D eigenvalue weighted by Gasteiger charge is 2.10. The maximum atomic E-state index is 10.3. The Bertz CT molecular complexity index is 132. The van der Waals surface area contributed by atoms with Gasteiger partial charge in [-0.3, -0.25) is 15.4 Å². The summed E-state index contributed by atoms with van der Waals surface area (Å²) >= 11 is 0. The predicted octanol–water partition coefficient (Wildman–Crippen LogP) is -0.482. The van der Waals surface area contributed by atoms with E-state index >= 15 is 0 Å².